The van der Waals surface area contributed by atoms with E-state index >= 15 is 0 Å². The van der Waals surface area contributed by atoms with Gasteiger partial charge >= 0.3 is 5.97 Å². The highest BCUT2D eigenvalue weighted by Gasteiger charge is 2.11. The summed E-state index contributed by atoms with van der Waals surface area (Å²) in [6, 6.07) is 4.73. The smallest absolute Gasteiger partial charge is 0.310 e. The van der Waals surface area contributed by atoms with Gasteiger partial charge < -0.3 is 9.84 Å². The molecule has 1 rings (SSSR count). The molecule has 0 aliphatic rings. The molecule has 0 heterocycles. The van der Waals surface area contributed by atoms with Crippen molar-refractivity contribution in [2.45, 2.75) is 18.2 Å². The fourth-order valence-electron chi connectivity index (χ4n) is 1.24. The van der Waals surface area contributed by atoms with E-state index < -0.39 is 5.97 Å². The van der Waals surface area contributed by atoms with Crippen LogP contribution in [0.1, 0.15) is 18.1 Å². The second-order valence-corrected chi connectivity index (χ2v) is 3.57. The Morgan fingerprint density at radius 3 is 2.88 bits per heavy atom. The van der Waals surface area contributed by atoms with Crippen molar-refractivity contribution in [3.63, 3.8) is 0 Å². The number of phenols is 1. The van der Waals surface area contributed by atoms with E-state index in [9.17, 15) is 9.90 Å². The first-order valence-electron chi connectivity index (χ1n) is 4.69. The standard InChI is InChI=1S/C11H11NO3S/c1-2-15-11(14)5-7-3-9(13)10(16)4-8(7)6-12/h3-4,13,16H,2,5H2,1H3. The number of hydrogen-bond donors (Lipinski definition) is 2. The molecule has 0 saturated heterocycles. The number of phenolic OH excluding ortho intramolecular Hbond substituents is 1. The molecule has 0 fully saturated rings. The zero-order valence-electron chi connectivity index (χ0n) is 8.73. The van der Waals surface area contributed by atoms with Crippen molar-refractivity contribution in [1.29, 1.82) is 5.26 Å². The zero-order valence-corrected chi connectivity index (χ0v) is 9.62. The van der Waals surface area contributed by atoms with E-state index in [1.165, 1.54) is 12.1 Å². The maximum atomic E-state index is 11.2. The average molecular weight is 237 g/mol. The van der Waals surface area contributed by atoms with Crippen molar-refractivity contribution in [3.8, 4) is 11.8 Å². The maximum absolute atomic E-state index is 11.2. The summed E-state index contributed by atoms with van der Waals surface area (Å²) in [6.07, 6.45) is -0.0294. The Balaban J connectivity index is 3.00. The highest BCUT2D eigenvalue weighted by molar-refractivity contribution is 7.80. The van der Waals surface area contributed by atoms with Crippen LogP contribution in [0.25, 0.3) is 0 Å². The van der Waals surface area contributed by atoms with Crippen molar-refractivity contribution < 1.29 is 14.6 Å². The van der Waals surface area contributed by atoms with Crippen molar-refractivity contribution >= 4 is 18.6 Å². The SMILES string of the molecule is CCOC(=O)Cc1cc(O)c(S)cc1C#N. The van der Waals surface area contributed by atoms with Gasteiger partial charge in [-0.3, -0.25) is 4.79 Å². The van der Waals surface area contributed by atoms with Crippen LogP contribution in [-0.4, -0.2) is 17.7 Å². The second kappa shape index (κ2) is 5.42. The molecular formula is C11H11NO3S. The number of aromatic hydroxyl groups is 1. The molecule has 0 radical (unpaired) electrons. The van der Waals surface area contributed by atoms with E-state index in [-0.39, 0.29) is 18.8 Å². The Labute approximate surface area is 98.9 Å². The topological polar surface area (TPSA) is 70.3 Å². The first-order chi connectivity index (χ1) is 7.58. The minimum Gasteiger partial charge on any atom is -0.507 e. The third-order valence-electron chi connectivity index (χ3n) is 1.96. The summed E-state index contributed by atoms with van der Waals surface area (Å²) in [6.45, 7) is 1.99. The monoisotopic (exact) mass is 237 g/mol. The summed E-state index contributed by atoms with van der Waals surface area (Å²) < 4.78 is 4.77. The van der Waals surface area contributed by atoms with E-state index in [4.69, 9.17) is 10.00 Å². The Kier molecular flexibility index (Phi) is 4.20. The van der Waals surface area contributed by atoms with Gasteiger partial charge in [0.2, 0.25) is 0 Å². The van der Waals surface area contributed by atoms with Crippen molar-refractivity contribution in [1.82, 2.24) is 0 Å². The van der Waals surface area contributed by atoms with Crippen molar-refractivity contribution in [2.24, 2.45) is 0 Å². The van der Waals surface area contributed by atoms with Crippen LogP contribution in [-0.2, 0) is 16.0 Å². The lowest BCUT2D eigenvalue weighted by Crippen LogP contribution is -2.08. The van der Waals surface area contributed by atoms with E-state index in [0.29, 0.717) is 16.0 Å². The maximum Gasteiger partial charge on any atom is 0.310 e. The first kappa shape index (κ1) is 12.4. The van der Waals surface area contributed by atoms with Crippen LogP contribution in [0.5, 0.6) is 5.75 Å². The lowest BCUT2D eigenvalue weighted by molar-refractivity contribution is -0.142. The summed E-state index contributed by atoms with van der Waals surface area (Å²) in [4.78, 5) is 11.6. The number of nitrogens with zero attached hydrogens (tertiary/aromatic N) is 1. The van der Waals surface area contributed by atoms with Gasteiger partial charge in [-0.2, -0.15) is 5.26 Å². The molecule has 0 atom stereocenters. The molecule has 0 aliphatic carbocycles. The normalized spacial score (nSPS) is 9.56. The van der Waals surface area contributed by atoms with Crippen LogP contribution in [0.2, 0.25) is 0 Å². The molecule has 1 N–H and O–H groups in total. The fraction of sp³-hybridized carbons (Fsp3) is 0.273. The number of ether oxygens (including phenoxy) is 1. The summed E-state index contributed by atoms with van der Waals surface area (Å²) in [7, 11) is 0. The molecular weight excluding hydrogens is 226 g/mol. The van der Waals surface area contributed by atoms with E-state index in [1.54, 1.807) is 6.92 Å². The van der Waals surface area contributed by atoms with Gasteiger partial charge in [0, 0.05) is 4.90 Å². The molecule has 0 aromatic heterocycles. The summed E-state index contributed by atoms with van der Waals surface area (Å²) >= 11 is 3.98. The number of esters is 1. The van der Waals surface area contributed by atoms with Gasteiger partial charge in [0.1, 0.15) is 5.75 Å². The van der Waals surface area contributed by atoms with Crippen LogP contribution in [0.4, 0.5) is 0 Å². The molecule has 1 aromatic rings. The Morgan fingerprint density at radius 2 is 2.31 bits per heavy atom. The average Bonchev–Trinajstić information content (AvgIpc) is 2.23. The predicted octanol–water partition coefficient (Wildman–Crippen LogP) is 1.66. The Morgan fingerprint density at radius 1 is 1.62 bits per heavy atom. The van der Waals surface area contributed by atoms with Crippen LogP contribution < -0.4 is 0 Å². The summed E-state index contributed by atoms with van der Waals surface area (Å²) in [5.74, 6) is -0.480. The van der Waals surface area contributed by atoms with E-state index in [0.717, 1.165) is 0 Å². The van der Waals surface area contributed by atoms with Crippen LogP contribution in [0.3, 0.4) is 0 Å². The zero-order chi connectivity index (χ0) is 12.1. The highest BCUT2D eigenvalue weighted by Crippen LogP contribution is 2.25. The Bertz CT molecular complexity index is 451. The number of rotatable bonds is 3. The predicted molar refractivity (Wildman–Crippen MR) is 60.4 cm³/mol. The van der Waals surface area contributed by atoms with E-state index in [2.05, 4.69) is 12.6 Å². The number of thiol groups is 1. The molecule has 0 amide bonds. The Hall–Kier alpha value is -1.67. The molecule has 0 unspecified atom stereocenters. The minimum atomic E-state index is -0.426. The number of hydrogen-bond acceptors (Lipinski definition) is 5. The third kappa shape index (κ3) is 2.91. The van der Waals surface area contributed by atoms with Gasteiger partial charge in [-0.1, -0.05) is 0 Å². The third-order valence-corrected chi connectivity index (χ3v) is 2.32. The van der Waals surface area contributed by atoms with Crippen LogP contribution in [0.15, 0.2) is 17.0 Å². The molecule has 4 nitrogen and oxygen atoms in total. The molecule has 5 heteroatoms. The quantitative estimate of drug-likeness (QED) is 0.619. The van der Waals surface area contributed by atoms with Gasteiger partial charge in [0.15, 0.2) is 0 Å². The summed E-state index contributed by atoms with van der Waals surface area (Å²) in [5.41, 5.74) is 0.757. The van der Waals surface area contributed by atoms with Crippen LogP contribution in [0, 0.1) is 11.3 Å². The van der Waals surface area contributed by atoms with Gasteiger partial charge in [-0.15, -0.1) is 12.6 Å². The fourth-order valence-corrected chi connectivity index (χ4v) is 1.43. The van der Waals surface area contributed by atoms with E-state index in [1.807, 2.05) is 6.07 Å². The number of benzene rings is 1. The van der Waals surface area contributed by atoms with Gasteiger partial charge in [-0.05, 0) is 24.6 Å². The number of carbonyl (C=O) groups excluding carboxylic acids is 1. The largest absolute Gasteiger partial charge is 0.507 e. The number of carbonyl (C=O) groups is 1. The molecule has 0 spiro atoms. The molecule has 0 aliphatic heterocycles. The molecule has 0 saturated carbocycles. The van der Waals surface area contributed by atoms with Gasteiger partial charge in [-0.25, -0.2) is 0 Å². The first-order valence-corrected chi connectivity index (χ1v) is 5.13. The molecule has 1 aromatic carbocycles. The molecule has 0 bridgehead atoms. The second-order valence-electron chi connectivity index (χ2n) is 3.09. The van der Waals surface area contributed by atoms with Crippen LogP contribution >= 0.6 is 12.6 Å². The molecule has 84 valence electrons. The lowest BCUT2D eigenvalue weighted by atomic mass is 10.1. The minimum absolute atomic E-state index is 0.0294. The number of nitriles is 1. The molecule has 16 heavy (non-hydrogen) atoms. The lowest BCUT2D eigenvalue weighted by Gasteiger charge is -2.06. The van der Waals surface area contributed by atoms with Crippen molar-refractivity contribution in [2.75, 3.05) is 6.61 Å². The van der Waals surface area contributed by atoms with Gasteiger partial charge in [0.25, 0.3) is 0 Å². The summed E-state index contributed by atoms with van der Waals surface area (Å²) in [5, 5.41) is 18.3. The van der Waals surface area contributed by atoms with Crippen molar-refractivity contribution in [3.05, 3.63) is 23.3 Å². The highest BCUT2D eigenvalue weighted by atomic mass is 32.1. The van der Waals surface area contributed by atoms with Gasteiger partial charge in [0.05, 0.1) is 24.7 Å².